The molecule has 0 aromatic heterocycles. The van der Waals surface area contributed by atoms with Gasteiger partial charge in [-0.3, -0.25) is 4.99 Å². The molecule has 0 fully saturated rings. The zero-order chi connectivity index (χ0) is 21.7. The van der Waals surface area contributed by atoms with Crippen LogP contribution in [0.5, 0.6) is 11.5 Å². The Morgan fingerprint density at radius 3 is 2.69 bits per heavy atom. The summed E-state index contributed by atoms with van der Waals surface area (Å²) < 4.78 is 30.5. The fourth-order valence-electron chi connectivity index (χ4n) is 3.26. The zero-order valence-electron chi connectivity index (χ0n) is 18.6. The van der Waals surface area contributed by atoms with Crippen LogP contribution in [0.1, 0.15) is 31.2 Å². The monoisotopic (exact) mass is 557 g/mol. The van der Waals surface area contributed by atoms with Crippen molar-refractivity contribution in [1.29, 1.82) is 0 Å². The lowest BCUT2D eigenvalue weighted by atomic mass is 10.1. The number of fused-ring (bicyclic) bond motifs is 1. The molecule has 0 radical (unpaired) electrons. The van der Waals surface area contributed by atoms with E-state index in [1.807, 2.05) is 24.3 Å². The van der Waals surface area contributed by atoms with E-state index < -0.39 is 0 Å². The molecule has 1 heterocycles. The predicted octanol–water partition coefficient (Wildman–Crippen LogP) is 5.02. The number of hydrogen-bond acceptors (Lipinski definition) is 4. The number of methoxy groups -OCH3 is 1. The van der Waals surface area contributed by atoms with Crippen molar-refractivity contribution in [1.82, 2.24) is 5.32 Å². The molecule has 0 atom stereocenters. The van der Waals surface area contributed by atoms with E-state index in [1.54, 1.807) is 19.2 Å². The lowest BCUT2D eigenvalue weighted by molar-refractivity contribution is 0.192. The number of unbranched alkanes of at least 4 members (excludes halogenated alkanes) is 2. The standard InChI is InChI=1S/C24H32FN3O3.HI/c1-29-15-6-2-5-13-26-24(27-14-12-19-8-3-4-9-21(19)25)28-20-10-11-22-23(18-20)31-17-7-16-30-22;/h3-4,8-11,18H,2,5-7,12-17H2,1H3,(H2,26,27,28);1H. The third-order valence-corrected chi connectivity index (χ3v) is 4.93. The number of rotatable bonds is 10. The molecule has 1 aliphatic rings. The Morgan fingerprint density at radius 1 is 1.06 bits per heavy atom. The highest BCUT2D eigenvalue weighted by atomic mass is 127. The molecule has 2 aromatic rings. The summed E-state index contributed by atoms with van der Waals surface area (Å²) >= 11 is 0. The van der Waals surface area contributed by atoms with Crippen molar-refractivity contribution in [3.63, 3.8) is 0 Å². The van der Waals surface area contributed by atoms with E-state index >= 15 is 0 Å². The van der Waals surface area contributed by atoms with Crippen LogP contribution >= 0.6 is 24.0 Å². The summed E-state index contributed by atoms with van der Waals surface area (Å²) in [6.07, 6.45) is 4.50. The zero-order valence-corrected chi connectivity index (χ0v) is 20.9. The van der Waals surface area contributed by atoms with Crippen LogP contribution in [-0.2, 0) is 11.2 Å². The SMILES string of the molecule is COCCCCCN=C(NCCc1ccccc1F)Nc1ccc2c(c1)OCCCO2.I. The number of nitrogens with zero attached hydrogens (tertiary/aromatic N) is 1. The van der Waals surface area contributed by atoms with Crippen molar-refractivity contribution >= 4 is 35.6 Å². The first-order chi connectivity index (χ1) is 15.3. The molecule has 0 saturated heterocycles. The number of benzene rings is 2. The molecule has 2 aromatic carbocycles. The van der Waals surface area contributed by atoms with Gasteiger partial charge in [0.15, 0.2) is 17.5 Å². The lowest BCUT2D eigenvalue weighted by Gasteiger charge is -2.15. The van der Waals surface area contributed by atoms with E-state index in [0.29, 0.717) is 44.2 Å². The molecule has 0 bridgehead atoms. The minimum Gasteiger partial charge on any atom is -0.490 e. The largest absolute Gasteiger partial charge is 0.490 e. The predicted molar refractivity (Wildman–Crippen MR) is 137 cm³/mol. The fourth-order valence-corrected chi connectivity index (χ4v) is 3.26. The number of nitrogens with one attached hydrogen (secondary N) is 2. The van der Waals surface area contributed by atoms with Gasteiger partial charge < -0.3 is 24.8 Å². The molecular formula is C24H33FIN3O3. The second kappa shape index (κ2) is 14.9. The second-order valence-electron chi connectivity index (χ2n) is 7.39. The van der Waals surface area contributed by atoms with E-state index in [2.05, 4.69) is 15.6 Å². The van der Waals surface area contributed by atoms with E-state index in [-0.39, 0.29) is 29.8 Å². The average molecular weight is 557 g/mol. The maximum Gasteiger partial charge on any atom is 0.195 e. The topological polar surface area (TPSA) is 64.1 Å². The van der Waals surface area contributed by atoms with Gasteiger partial charge in [-0.2, -0.15) is 0 Å². The smallest absolute Gasteiger partial charge is 0.195 e. The Balaban J connectivity index is 0.00000363. The molecule has 0 spiro atoms. The van der Waals surface area contributed by atoms with Crippen LogP contribution in [0.25, 0.3) is 0 Å². The van der Waals surface area contributed by atoms with E-state index in [0.717, 1.165) is 49.5 Å². The number of halogens is 2. The van der Waals surface area contributed by atoms with Gasteiger partial charge in [-0.05, 0) is 49.4 Å². The summed E-state index contributed by atoms with van der Waals surface area (Å²) in [7, 11) is 1.72. The van der Waals surface area contributed by atoms with Crippen molar-refractivity contribution in [2.75, 3.05) is 45.3 Å². The number of ether oxygens (including phenoxy) is 3. The Kier molecular flexibility index (Phi) is 12.2. The molecule has 0 aliphatic carbocycles. The van der Waals surface area contributed by atoms with Gasteiger partial charge >= 0.3 is 0 Å². The van der Waals surface area contributed by atoms with Gasteiger partial charge in [0.1, 0.15) is 5.82 Å². The summed E-state index contributed by atoms with van der Waals surface area (Å²) in [4.78, 5) is 4.69. The molecule has 176 valence electrons. The quantitative estimate of drug-likeness (QED) is 0.186. The molecule has 0 saturated carbocycles. The van der Waals surface area contributed by atoms with Gasteiger partial charge in [0, 0.05) is 45.0 Å². The van der Waals surface area contributed by atoms with Gasteiger partial charge in [0.25, 0.3) is 0 Å². The van der Waals surface area contributed by atoms with Crippen LogP contribution in [0.2, 0.25) is 0 Å². The highest BCUT2D eigenvalue weighted by molar-refractivity contribution is 14.0. The van der Waals surface area contributed by atoms with Crippen LogP contribution in [0.15, 0.2) is 47.5 Å². The van der Waals surface area contributed by atoms with Crippen molar-refractivity contribution in [2.45, 2.75) is 32.1 Å². The lowest BCUT2D eigenvalue weighted by Crippen LogP contribution is -2.32. The van der Waals surface area contributed by atoms with Crippen molar-refractivity contribution in [2.24, 2.45) is 4.99 Å². The molecule has 32 heavy (non-hydrogen) atoms. The van der Waals surface area contributed by atoms with E-state index in [4.69, 9.17) is 14.2 Å². The summed E-state index contributed by atoms with van der Waals surface area (Å²) in [6, 6.07) is 12.6. The highest BCUT2D eigenvalue weighted by Gasteiger charge is 2.11. The third kappa shape index (κ3) is 8.82. The number of guanidine groups is 1. The van der Waals surface area contributed by atoms with Crippen molar-refractivity contribution in [3.05, 3.63) is 53.8 Å². The Bertz CT molecular complexity index is 851. The highest BCUT2D eigenvalue weighted by Crippen LogP contribution is 2.32. The number of hydrogen-bond donors (Lipinski definition) is 2. The van der Waals surface area contributed by atoms with Crippen LogP contribution in [-0.4, -0.2) is 46.0 Å². The van der Waals surface area contributed by atoms with E-state index in [9.17, 15) is 4.39 Å². The van der Waals surface area contributed by atoms with Crippen molar-refractivity contribution in [3.8, 4) is 11.5 Å². The Hall–Kier alpha value is -2.07. The molecule has 3 rings (SSSR count). The third-order valence-electron chi connectivity index (χ3n) is 4.93. The first-order valence-electron chi connectivity index (χ1n) is 10.9. The summed E-state index contributed by atoms with van der Waals surface area (Å²) in [5.74, 6) is 1.97. The molecule has 0 unspecified atom stereocenters. The van der Waals surface area contributed by atoms with Crippen LogP contribution in [0, 0.1) is 5.82 Å². The van der Waals surface area contributed by atoms with Crippen LogP contribution in [0.4, 0.5) is 10.1 Å². The number of anilines is 1. The maximum absolute atomic E-state index is 13.9. The molecule has 1 aliphatic heterocycles. The summed E-state index contributed by atoms with van der Waals surface area (Å²) in [5.41, 5.74) is 1.55. The molecular weight excluding hydrogens is 524 g/mol. The first-order valence-corrected chi connectivity index (χ1v) is 10.9. The van der Waals surface area contributed by atoms with Gasteiger partial charge in [-0.1, -0.05) is 18.2 Å². The van der Waals surface area contributed by atoms with Gasteiger partial charge in [-0.15, -0.1) is 24.0 Å². The van der Waals surface area contributed by atoms with Gasteiger partial charge in [0.05, 0.1) is 13.2 Å². The molecule has 0 amide bonds. The summed E-state index contributed by atoms with van der Waals surface area (Å²) in [5, 5.41) is 6.65. The minimum atomic E-state index is -0.184. The van der Waals surface area contributed by atoms with Crippen LogP contribution in [0.3, 0.4) is 0 Å². The molecule has 6 nitrogen and oxygen atoms in total. The second-order valence-corrected chi connectivity index (χ2v) is 7.39. The van der Waals surface area contributed by atoms with Crippen molar-refractivity contribution < 1.29 is 18.6 Å². The normalized spacial score (nSPS) is 13.1. The van der Waals surface area contributed by atoms with Crippen LogP contribution < -0.4 is 20.1 Å². The summed E-state index contributed by atoms with van der Waals surface area (Å²) in [6.45, 7) is 3.34. The average Bonchev–Trinajstić information content (AvgIpc) is 3.02. The Labute approximate surface area is 207 Å². The van der Waals surface area contributed by atoms with Gasteiger partial charge in [0.2, 0.25) is 0 Å². The maximum atomic E-state index is 13.9. The Morgan fingerprint density at radius 2 is 1.88 bits per heavy atom. The number of aliphatic imine (C=N–C) groups is 1. The fraction of sp³-hybridized carbons (Fsp3) is 0.458. The minimum absolute atomic E-state index is 0. The molecule has 2 N–H and O–H groups in total. The van der Waals surface area contributed by atoms with E-state index in [1.165, 1.54) is 6.07 Å². The van der Waals surface area contributed by atoms with Gasteiger partial charge in [-0.25, -0.2) is 4.39 Å². The molecule has 8 heteroatoms. The first kappa shape index (κ1) is 26.2.